The van der Waals surface area contributed by atoms with E-state index in [1.165, 1.54) is 37.2 Å². The highest BCUT2D eigenvalue weighted by atomic mass is 127. The normalized spacial score (nSPS) is 18.7. The molecule has 0 radical (unpaired) electrons. The Morgan fingerprint density at radius 2 is 2.16 bits per heavy atom. The van der Waals surface area contributed by atoms with Crippen molar-refractivity contribution in [3.05, 3.63) is 16.1 Å². The number of thiazole rings is 1. The molecule has 7 heteroatoms. The monoisotopic (exact) mass is 479 g/mol. The molecule has 0 aromatic carbocycles. The molecule has 1 aliphatic rings. The summed E-state index contributed by atoms with van der Waals surface area (Å²) in [5, 5.41) is 10.1. The number of hydrogen-bond acceptors (Lipinski definition) is 4. The molecule has 0 spiro atoms. The Kier molecular flexibility index (Phi) is 11.6. The number of aromatic nitrogens is 1. The van der Waals surface area contributed by atoms with Crippen molar-refractivity contribution in [2.75, 3.05) is 26.2 Å². The first kappa shape index (κ1) is 22.6. The Morgan fingerprint density at radius 3 is 2.84 bits per heavy atom. The van der Waals surface area contributed by atoms with Gasteiger partial charge in [-0.25, -0.2) is 9.98 Å². The second-order valence-electron chi connectivity index (χ2n) is 6.30. The van der Waals surface area contributed by atoms with Crippen LogP contribution in [0, 0.1) is 0 Å². The van der Waals surface area contributed by atoms with E-state index in [-0.39, 0.29) is 24.0 Å². The molecule has 1 aromatic rings. The van der Waals surface area contributed by atoms with Gasteiger partial charge in [0.1, 0.15) is 0 Å². The van der Waals surface area contributed by atoms with Crippen LogP contribution in [-0.2, 0) is 13.0 Å². The number of aliphatic imine (C=N–C) groups is 1. The minimum atomic E-state index is 0. The minimum Gasteiger partial charge on any atom is -0.357 e. The molecule has 2 heterocycles. The molecule has 1 atom stereocenters. The third kappa shape index (κ3) is 7.78. The number of rotatable bonds is 8. The molecule has 1 fully saturated rings. The van der Waals surface area contributed by atoms with Crippen molar-refractivity contribution in [3.63, 3.8) is 0 Å². The van der Waals surface area contributed by atoms with Crippen molar-refractivity contribution in [1.82, 2.24) is 20.5 Å². The lowest BCUT2D eigenvalue weighted by Crippen LogP contribution is -2.45. The fourth-order valence-electron chi connectivity index (χ4n) is 3.22. The van der Waals surface area contributed by atoms with Gasteiger partial charge in [0.2, 0.25) is 0 Å². The number of piperidine rings is 1. The second-order valence-corrected chi connectivity index (χ2v) is 7.24. The summed E-state index contributed by atoms with van der Waals surface area (Å²) in [5.41, 5.74) is 1.07. The molecule has 0 saturated carbocycles. The molecule has 0 amide bonds. The predicted molar refractivity (Wildman–Crippen MR) is 119 cm³/mol. The number of guanidine groups is 1. The van der Waals surface area contributed by atoms with E-state index in [4.69, 9.17) is 0 Å². The SMILES string of the molecule is CCNC(=NCc1csc(CC)n1)NCCN1CCCCC1CC.I. The lowest BCUT2D eigenvalue weighted by molar-refractivity contribution is 0.147. The number of halogens is 1. The summed E-state index contributed by atoms with van der Waals surface area (Å²) in [5.74, 6) is 0.897. The third-order valence-electron chi connectivity index (χ3n) is 4.56. The van der Waals surface area contributed by atoms with Crippen LogP contribution in [0.5, 0.6) is 0 Å². The Balaban J connectivity index is 0.00000312. The van der Waals surface area contributed by atoms with Crippen molar-refractivity contribution >= 4 is 41.3 Å². The third-order valence-corrected chi connectivity index (χ3v) is 5.60. The maximum atomic E-state index is 4.67. The average Bonchev–Trinajstić information content (AvgIpc) is 3.08. The molecule has 2 N–H and O–H groups in total. The van der Waals surface area contributed by atoms with E-state index in [1.807, 2.05) is 0 Å². The Hall–Kier alpha value is -0.410. The molecule has 1 unspecified atom stereocenters. The Labute approximate surface area is 174 Å². The van der Waals surface area contributed by atoms with Crippen molar-refractivity contribution in [3.8, 4) is 0 Å². The van der Waals surface area contributed by atoms with Gasteiger partial charge >= 0.3 is 0 Å². The van der Waals surface area contributed by atoms with Gasteiger partial charge in [0.15, 0.2) is 5.96 Å². The fraction of sp³-hybridized carbons (Fsp3) is 0.778. The average molecular weight is 479 g/mol. The van der Waals surface area contributed by atoms with Crippen LogP contribution in [0.25, 0.3) is 0 Å². The number of nitrogens with zero attached hydrogens (tertiary/aromatic N) is 3. The number of aryl methyl sites for hydroxylation is 1. The Bertz CT molecular complexity index is 505. The molecule has 5 nitrogen and oxygen atoms in total. The lowest BCUT2D eigenvalue weighted by Gasteiger charge is -2.35. The van der Waals surface area contributed by atoms with Crippen molar-refractivity contribution < 1.29 is 0 Å². The molecule has 0 aliphatic carbocycles. The van der Waals surface area contributed by atoms with E-state index in [1.54, 1.807) is 11.3 Å². The minimum absolute atomic E-state index is 0. The van der Waals surface area contributed by atoms with E-state index in [9.17, 15) is 0 Å². The van der Waals surface area contributed by atoms with E-state index in [0.717, 1.165) is 43.8 Å². The zero-order valence-electron chi connectivity index (χ0n) is 15.9. The van der Waals surface area contributed by atoms with Gasteiger partial charge in [-0.15, -0.1) is 35.3 Å². The molecule has 1 saturated heterocycles. The highest BCUT2D eigenvalue weighted by Gasteiger charge is 2.19. The zero-order valence-corrected chi connectivity index (χ0v) is 19.0. The van der Waals surface area contributed by atoms with Crippen LogP contribution in [0.1, 0.15) is 57.2 Å². The maximum Gasteiger partial charge on any atom is 0.191 e. The standard InChI is InChI=1S/C18H33N5S.HI/c1-4-16-9-7-8-11-23(16)12-10-20-18(19-6-3)21-13-15-14-24-17(5-2)22-15;/h14,16H,4-13H2,1-3H3,(H2,19,20,21);1H. The molecule has 2 rings (SSSR count). The van der Waals surface area contributed by atoms with Gasteiger partial charge in [0.05, 0.1) is 17.2 Å². The molecule has 0 bridgehead atoms. The number of nitrogens with one attached hydrogen (secondary N) is 2. The van der Waals surface area contributed by atoms with E-state index in [0.29, 0.717) is 6.54 Å². The highest BCUT2D eigenvalue weighted by molar-refractivity contribution is 14.0. The summed E-state index contributed by atoms with van der Waals surface area (Å²) in [6.07, 6.45) is 6.35. The lowest BCUT2D eigenvalue weighted by atomic mass is 10.0. The first-order valence-corrected chi connectivity index (χ1v) is 10.3. The molecule has 1 aliphatic heterocycles. The largest absolute Gasteiger partial charge is 0.357 e. The van der Waals surface area contributed by atoms with Crippen LogP contribution < -0.4 is 10.6 Å². The van der Waals surface area contributed by atoms with Gasteiger partial charge in [0.25, 0.3) is 0 Å². The van der Waals surface area contributed by atoms with E-state index < -0.39 is 0 Å². The summed E-state index contributed by atoms with van der Waals surface area (Å²) in [6, 6.07) is 0.766. The number of hydrogen-bond donors (Lipinski definition) is 2. The van der Waals surface area contributed by atoms with Crippen molar-refractivity contribution in [2.45, 2.75) is 65.5 Å². The maximum absolute atomic E-state index is 4.67. The van der Waals surface area contributed by atoms with Crippen LogP contribution in [0.4, 0.5) is 0 Å². The molecular formula is C18H34IN5S. The van der Waals surface area contributed by atoms with Gasteiger partial charge in [0, 0.05) is 31.1 Å². The second kappa shape index (κ2) is 12.9. The van der Waals surface area contributed by atoms with Crippen molar-refractivity contribution in [2.24, 2.45) is 4.99 Å². The van der Waals surface area contributed by atoms with Crippen LogP contribution in [0.3, 0.4) is 0 Å². The quantitative estimate of drug-likeness (QED) is 0.340. The summed E-state index contributed by atoms with van der Waals surface area (Å²) < 4.78 is 0. The molecule has 1 aromatic heterocycles. The van der Waals surface area contributed by atoms with Gasteiger partial charge < -0.3 is 10.6 Å². The summed E-state index contributed by atoms with van der Waals surface area (Å²) in [6.45, 7) is 11.4. The van der Waals surface area contributed by atoms with Gasteiger partial charge in [-0.3, -0.25) is 4.90 Å². The van der Waals surface area contributed by atoms with Gasteiger partial charge in [-0.1, -0.05) is 20.3 Å². The summed E-state index contributed by atoms with van der Waals surface area (Å²) in [7, 11) is 0. The van der Waals surface area contributed by atoms with Crippen LogP contribution in [0.2, 0.25) is 0 Å². The molecule has 25 heavy (non-hydrogen) atoms. The topological polar surface area (TPSA) is 52.6 Å². The van der Waals surface area contributed by atoms with Crippen LogP contribution in [0.15, 0.2) is 10.4 Å². The predicted octanol–water partition coefficient (Wildman–Crippen LogP) is 3.64. The first-order chi connectivity index (χ1) is 11.8. The summed E-state index contributed by atoms with van der Waals surface area (Å²) >= 11 is 1.73. The zero-order chi connectivity index (χ0) is 17.2. The Morgan fingerprint density at radius 1 is 1.32 bits per heavy atom. The molecular weight excluding hydrogens is 445 g/mol. The molecule has 144 valence electrons. The van der Waals surface area contributed by atoms with Gasteiger partial charge in [-0.2, -0.15) is 0 Å². The van der Waals surface area contributed by atoms with Crippen LogP contribution in [-0.4, -0.2) is 48.1 Å². The summed E-state index contributed by atoms with van der Waals surface area (Å²) in [4.78, 5) is 11.9. The fourth-order valence-corrected chi connectivity index (χ4v) is 3.96. The van der Waals surface area contributed by atoms with Crippen molar-refractivity contribution in [1.29, 1.82) is 0 Å². The smallest absolute Gasteiger partial charge is 0.191 e. The van der Waals surface area contributed by atoms with Gasteiger partial charge in [-0.05, 0) is 39.2 Å². The first-order valence-electron chi connectivity index (χ1n) is 9.46. The number of likely N-dealkylation sites (tertiary alicyclic amines) is 1. The highest BCUT2D eigenvalue weighted by Crippen LogP contribution is 2.18. The van der Waals surface area contributed by atoms with Crippen LogP contribution >= 0.6 is 35.3 Å². The van der Waals surface area contributed by atoms with E-state index >= 15 is 0 Å². The van der Waals surface area contributed by atoms with E-state index in [2.05, 4.69) is 51.7 Å².